The summed E-state index contributed by atoms with van der Waals surface area (Å²) in [5.41, 5.74) is 4.07. The van der Waals surface area contributed by atoms with Crippen molar-refractivity contribution in [3.63, 3.8) is 0 Å². The molecule has 2 N–H and O–H groups in total. The molecule has 1 aromatic carbocycles. The van der Waals surface area contributed by atoms with Gasteiger partial charge >= 0.3 is 7.12 Å². The summed E-state index contributed by atoms with van der Waals surface area (Å²) >= 11 is 0. The van der Waals surface area contributed by atoms with Gasteiger partial charge in [-0.05, 0) is 70.2 Å². The molecule has 2 aliphatic heterocycles. The molecule has 132 valence electrons. The van der Waals surface area contributed by atoms with Crippen LogP contribution in [0, 0.1) is 0 Å². The Morgan fingerprint density at radius 3 is 2.24 bits per heavy atom. The van der Waals surface area contributed by atoms with Crippen LogP contribution in [0.1, 0.15) is 52.3 Å². The molecule has 1 unspecified atom stereocenters. The minimum absolute atomic E-state index is 0.305. The maximum absolute atomic E-state index is 6.13. The number of benzene rings is 1. The van der Waals surface area contributed by atoms with E-state index in [-0.39, 0.29) is 18.3 Å². The van der Waals surface area contributed by atoms with E-state index >= 15 is 0 Å². The molecule has 2 saturated heterocycles. The van der Waals surface area contributed by atoms with Crippen LogP contribution in [-0.2, 0) is 9.31 Å². The highest BCUT2D eigenvalue weighted by Gasteiger charge is 2.51. The minimum Gasteiger partial charge on any atom is -0.399 e. The maximum Gasteiger partial charge on any atom is 0.494 e. The van der Waals surface area contributed by atoms with Crippen molar-refractivity contribution in [2.45, 2.75) is 57.8 Å². The SMILES string of the molecule is CC1(C)OB(c2ccc(-c3ccc(C4CCCN4)[nH]3)cc2)OC1(C)C. The van der Waals surface area contributed by atoms with Gasteiger partial charge in [0, 0.05) is 17.4 Å². The Hall–Kier alpha value is -1.56. The predicted molar refractivity (Wildman–Crippen MR) is 102 cm³/mol. The lowest BCUT2D eigenvalue weighted by molar-refractivity contribution is 0.00578. The summed E-state index contributed by atoms with van der Waals surface area (Å²) in [4.78, 5) is 3.56. The van der Waals surface area contributed by atoms with Crippen molar-refractivity contribution in [2.24, 2.45) is 0 Å². The third-order valence-corrected chi connectivity index (χ3v) is 5.89. The highest BCUT2D eigenvalue weighted by Crippen LogP contribution is 2.36. The monoisotopic (exact) mass is 338 g/mol. The zero-order valence-electron chi connectivity index (χ0n) is 15.6. The Bertz CT molecular complexity index is 729. The van der Waals surface area contributed by atoms with Gasteiger partial charge in [0.25, 0.3) is 0 Å². The summed E-state index contributed by atoms with van der Waals surface area (Å²) in [7, 11) is -0.305. The smallest absolute Gasteiger partial charge is 0.399 e. The Balaban J connectivity index is 1.51. The quantitative estimate of drug-likeness (QED) is 0.843. The van der Waals surface area contributed by atoms with E-state index in [1.54, 1.807) is 0 Å². The van der Waals surface area contributed by atoms with E-state index in [1.807, 2.05) is 0 Å². The number of aromatic nitrogens is 1. The summed E-state index contributed by atoms with van der Waals surface area (Å²) in [6.07, 6.45) is 2.46. The molecule has 0 spiro atoms. The molecule has 2 aromatic rings. The second-order valence-corrected chi connectivity index (χ2v) is 8.19. The summed E-state index contributed by atoms with van der Waals surface area (Å²) in [5.74, 6) is 0. The first-order valence-corrected chi connectivity index (χ1v) is 9.24. The molecular weight excluding hydrogens is 311 g/mol. The number of H-pyrrole nitrogens is 1. The molecule has 0 bridgehead atoms. The van der Waals surface area contributed by atoms with Crippen LogP contribution in [-0.4, -0.2) is 29.8 Å². The average molecular weight is 338 g/mol. The molecular formula is C20H27BN2O2. The standard InChI is InChI=1S/C20H27BN2O2/c1-19(2)20(3,4)25-21(24-19)15-9-7-14(8-10-15)16-11-12-18(23-16)17-6-5-13-22-17/h7-12,17,22-23H,5-6,13H2,1-4H3. The third kappa shape index (κ3) is 3.05. The van der Waals surface area contributed by atoms with Crippen LogP contribution < -0.4 is 10.8 Å². The molecule has 5 heteroatoms. The summed E-state index contributed by atoms with van der Waals surface area (Å²) in [6, 6.07) is 13.3. The molecule has 0 aliphatic carbocycles. The Labute approximate surface area is 150 Å². The molecule has 0 saturated carbocycles. The highest BCUT2D eigenvalue weighted by atomic mass is 16.7. The maximum atomic E-state index is 6.13. The van der Waals surface area contributed by atoms with Gasteiger partial charge in [-0.1, -0.05) is 24.3 Å². The second kappa shape index (κ2) is 6.01. The molecule has 2 aliphatic rings. The number of hydrogen-bond donors (Lipinski definition) is 2. The number of rotatable bonds is 3. The average Bonchev–Trinajstić information content (AvgIpc) is 3.28. The Morgan fingerprint density at radius 2 is 1.64 bits per heavy atom. The third-order valence-electron chi connectivity index (χ3n) is 5.89. The molecule has 0 amide bonds. The van der Waals surface area contributed by atoms with E-state index in [2.05, 4.69) is 74.4 Å². The van der Waals surface area contributed by atoms with Gasteiger partial charge in [0.05, 0.1) is 11.2 Å². The molecule has 0 radical (unpaired) electrons. The van der Waals surface area contributed by atoms with E-state index in [9.17, 15) is 0 Å². The van der Waals surface area contributed by atoms with Crippen LogP contribution in [0.5, 0.6) is 0 Å². The lowest BCUT2D eigenvalue weighted by Gasteiger charge is -2.32. The summed E-state index contributed by atoms with van der Waals surface area (Å²) in [6.45, 7) is 9.44. The van der Waals surface area contributed by atoms with Gasteiger partial charge in [-0.15, -0.1) is 0 Å². The second-order valence-electron chi connectivity index (χ2n) is 8.19. The fourth-order valence-corrected chi connectivity index (χ4v) is 3.53. The lowest BCUT2D eigenvalue weighted by Crippen LogP contribution is -2.41. The van der Waals surface area contributed by atoms with Crippen molar-refractivity contribution in [3.8, 4) is 11.3 Å². The topological polar surface area (TPSA) is 46.3 Å². The van der Waals surface area contributed by atoms with Crippen molar-refractivity contribution in [1.82, 2.24) is 10.3 Å². The number of hydrogen-bond acceptors (Lipinski definition) is 3. The zero-order chi connectivity index (χ0) is 17.7. The van der Waals surface area contributed by atoms with E-state index in [4.69, 9.17) is 9.31 Å². The van der Waals surface area contributed by atoms with Gasteiger partial charge < -0.3 is 19.6 Å². The van der Waals surface area contributed by atoms with Crippen molar-refractivity contribution in [2.75, 3.05) is 6.54 Å². The van der Waals surface area contributed by atoms with E-state index in [1.165, 1.54) is 24.1 Å². The normalized spacial score (nSPS) is 24.8. The summed E-state index contributed by atoms with van der Waals surface area (Å²) in [5, 5.41) is 3.53. The molecule has 3 heterocycles. The first-order valence-electron chi connectivity index (χ1n) is 9.24. The molecule has 25 heavy (non-hydrogen) atoms. The van der Waals surface area contributed by atoms with Crippen molar-refractivity contribution < 1.29 is 9.31 Å². The largest absolute Gasteiger partial charge is 0.494 e. The van der Waals surface area contributed by atoms with Crippen molar-refractivity contribution in [1.29, 1.82) is 0 Å². The van der Waals surface area contributed by atoms with Gasteiger partial charge in [-0.3, -0.25) is 0 Å². The van der Waals surface area contributed by atoms with Crippen molar-refractivity contribution in [3.05, 3.63) is 42.1 Å². The van der Waals surface area contributed by atoms with Gasteiger partial charge in [-0.2, -0.15) is 0 Å². The van der Waals surface area contributed by atoms with Crippen LogP contribution in [0.4, 0.5) is 0 Å². The van der Waals surface area contributed by atoms with E-state index in [0.717, 1.165) is 17.7 Å². The van der Waals surface area contributed by atoms with Crippen LogP contribution in [0.25, 0.3) is 11.3 Å². The fraction of sp³-hybridized carbons (Fsp3) is 0.500. The van der Waals surface area contributed by atoms with Crippen LogP contribution in [0.15, 0.2) is 36.4 Å². The highest BCUT2D eigenvalue weighted by molar-refractivity contribution is 6.62. The van der Waals surface area contributed by atoms with E-state index in [0.29, 0.717) is 6.04 Å². The number of nitrogens with one attached hydrogen (secondary N) is 2. The first-order chi connectivity index (χ1) is 11.9. The molecule has 1 aromatic heterocycles. The van der Waals surface area contributed by atoms with Gasteiger partial charge in [0.1, 0.15) is 0 Å². The number of aromatic amines is 1. The minimum atomic E-state index is -0.307. The Morgan fingerprint density at radius 1 is 0.960 bits per heavy atom. The van der Waals surface area contributed by atoms with Crippen LogP contribution in [0.2, 0.25) is 0 Å². The van der Waals surface area contributed by atoms with Gasteiger partial charge in [0.15, 0.2) is 0 Å². The van der Waals surface area contributed by atoms with Gasteiger partial charge in [-0.25, -0.2) is 0 Å². The molecule has 1 atom stereocenters. The molecule has 2 fully saturated rings. The molecule has 4 rings (SSSR count). The summed E-state index contributed by atoms with van der Waals surface area (Å²) < 4.78 is 12.3. The fourth-order valence-electron chi connectivity index (χ4n) is 3.53. The van der Waals surface area contributed by atoms with Gasteiger partial charge in [0.2, 0.25) is 0 Å². The first kappa shape index (κ1) is 16.9. The predicted octanol–water partition coefficient (Wildman–Crippen LogP) is 3.41. The zero-order valence-corrected chi connectivity index (χ0v) is 15.6. The molecule has 4 nitrogen and oxygen atoms in total. The van der Waals surface area contributed by atoms with Crippen molar-refractivity contribution >= 4 is 12.6 Å². The lowest BCUT2D eigenvalue weighted by atomic mass is 9.79. The van der Waals surface area contributed by atoms with E-state index < -0.39 is 0 Å². The van der Waals surface area contributed by atoms with Crippen LogP contribution >= 0.6 is 0 Å². The van der Waals surface area contributed by atoms with Crippen LogP contribution in [0.3, 0.4) is 0 Å². The Kier molecular flexibility index (Phi) is 4.06.